The van der Waals surface area contributed by atoms with Crippen molar-refractivity contribution >= 4 is 11.3 Å². The lowest BCUT2D eigenvalue weighted by Gasteiger charge is -2.41. The first-order chi connectivity index (χ1) is 8.67. The molecule has 2 atom stereocenters. The molecule has 0 aliphatic heterocycles. The van der Waals surface area contributed by atoms with E-state index in [-0.39, 0.29) is 0 Å². The molecule has 0 aromatic carbocycles. The van der Waals surface area contributed by atoms with Gasteiger partial charge in [-0.2, -0.15) is 0 Å². The van der Waals surface area contributed by atoms with E-state index in [4.69, 9.17) is 0 Å². The molecule has 1 aromatic heterocycles. The van der Waals surface area contributed by atoms with Gasteiger partial charge in [-0.25, -0.2) is 0 Å². The van der Waals surface area contributed by atoms with Crippen molar-refractivity contribution in [1.29, 1.82) is 0 Å². The molecule has 2 saturated carbocycles. The summed E-state index contributed by atoms with van der Waals surface area (Å²) in [6, 6.07) is 5.85. The summed E-state index contributed by atoms with van der Waals surface area (Å²) in [4.78, 5) is 1.55. The van der Waals surface area contributed by atoms with Crippen LogP contribution in [0, 0.1) is 11.3 Å². The first-order valence-electron chi connectivity index (χ1n) is 7.46. The normalized spacial score (nSPS) is 29.1. The lowest BCUT2D eigenvalue weighted by molar-refractivity contribution is 0.151. The van der Waals surface area contributed by atoms with Gasteiger partial charge in [-0.3, -0.25) is 0 Å². The van der Waals surface area contributed by atoms with Gasteiger partial charge in [-0.1, -0.05) is 32.8 Å². The molecule has 100 valence electrons. The summed E-state index contributed by atoms with van der Waals surface area (Å²) in [7, 11) is 0. The van der Waals surface area contributed by atoms with Crippen LogP contribution in [-0.2, 0) is 0 Å². The second kappa shape index (κ2) is 4.97. The summed E-state index contributed by atoms with van der Waals surface area (Å²) in [5.41, 5.74) is 0.475. The fraction of sp³-hybridized carbons (Fsp3) is 0.750. The molecule has 0 radical (unpaired) electrons. The number of thiophene rings is 1. The van der Waals surface area contributed by atoms with E-state index in [0.717, 1.165) is 5.92 Å². The van der Waals surface area contributed by atoms with E-state index in [0.29, 0.717) is 17.5 Å². The molecule has 1 N–H and O–H groups in total. The molecule has 2 heteroatoms. The van der Waals surface area contributed by atoms with Crippen molar-refractivity contribution in [2.75, 3.05) is 0 Å². The third-order valence-corrected chi connectivity index (χ3v) is 5.79. The Morgan fingerprint density at radius 2 is 2.11 bits per heavy atom. The second-order valence-electron chi connectivity index (χ2n) is 6.78. The highest BCUT2D eigenvalue weighted by Gasteiger charge is 2.38. The Kier molecular flexibility index (Phi) is 3.50. The lowest BCUT2D eigenvalue weighted by atomic mass is 9.73. The van der Waals surface area contributed by atoms with Crippen LogP contribution in [0.5, 0.6) is 0 Å². The summed E-state index contributed by atoms with van der Waals surface area (Å²) in [5, 5.41) is 6.24. The van der Waals surface area contributed by atoms with Crippen LogP contribution in [0.25, 0.3) is 0 Å². The predicted molar refractivity (Wildman–Crippen MR) is 79.0 cm³/mol. The minimum atomic E-state index is 0.475. The molecular weight excluding hydrogens is 238 g/mol. The van der Waals surface area contributed by atoms with E-state index in [1.165, 1.54) is 38.5 Å². The maximum absolute atomic E-state index is 4.02. The maximum atomic E-state index is 4.02. The molecule has 0 bridgehead atoms. The number of rotatable bonds is 4. The highest BCUT2D eigenvalue weighted by Crippen LogP contribution is 2.45. The molecule has 0 amide bonds. The molecule has 1 heterocycles. The van der Waals surface area contributed by atoms with Crippen LogP contribution < -0.4 is 5.32 Å². The molecular formula is C16H25NS. The van der Waals surface area contributed by atoms with Gasteiger partial charge in [0.2, 0.25) is 0 Å². The van der Waals surface area contributed by atoms with E-state index in [1.54, 1.807) is 4.88 Å². The van der Waals surface area contributed by atoms with Crippen LogP contribution in [0.3, 0.4) is 0 Å². The van der Waals surface area contributed by atoms with Crippen LogP contribution in [0.15, 0.2) is 17.5 Å². The largest absolute Gasteiger partial charge is 0.306 e. The van der Waals surface area contributed by atoms with Gasteiger partial charge in [0.15, 0.2) is 0 Å². The van der Waals surface area contributed by atoms with Crippen molar-refractivity contribution in [3.05, 3.63) is 22.4 Å². The number of hydrogen-bond acceptors (Lipinski definition) is 2. The summed E-state index contributed by atoms with van der Waals surface area (Å²) in [5.74, 6) is 0.904. The second-order valence-corrected chi connectivity index (χ2v) is 7.76. The van der Waals surface area contributed by atoms with Crippen LogP contribution >= 0.6 is 11.3 Å². The molecule has 18 heavy (non-hydrogen) atoms. The summed E-state index contributed by atoms with van der Waals surface area (Å²) in [6.45, 7) is 4.89. The number of hydrogen-bond donors (Lipinski definition) is 1. The Balaban J connectivity index is 1.72. The molecule has 2 fully saturated rings. The average Bonchev–Trinajstić information content (AvgIpc) is 3.02. The highest BCUT2D eigenvalue weighted by molar-refractivity contribution is 7.10. The molecule has 0 saturated heterocycles. The van der Waals surface area contributed by atoms with Gasteiger partial charge in [-0.15, -0.1) is 11.3 Å². The Morgan fingerprint density at radius 1 is 1.28 bits per heavy atom. The van der Waals surface area contributed by atoms with E-state index in [9.17, 15) is 0 Å². The monoisotopic (exact) mass is 263 g/mol. The van der Waals surface area contributed by atoms with Crippen molar-refractivity contribution in [2.45, 2.75) is 64.5 Å². The van der Waals surface area contributed by atoms with E-state index < -0.39 is 0 Å². The van der Waals surface area contributed by atoms with Crippen molar-refractivity contribution < 1.29 is 0 Å². The van der Waals surface area contributed by atoms with Crippen LogP contribution in [0.2, 0.25) is 0 Å². The lowest BCUT2D eigenvalue weighted by Crippen LogP contribution is -2.46. The molecule has 1 nitrogen and oxygen atoms in total. The topological polar surface area (TPSA) is 12.0 Å². The zero-order valence-electron chi connectivity index (χ0n) is 11.6. The van der Waals surface area contributed by atoms with Crippen molar-refractivity contribution in [3.63, 3.8) is 0 Å². The Labute approximate surface area is 115 Å². The SMILES string of the molecule is CC1(C)CCCCC1NC(c1cccs1)C1CC1. The van der Waals surface area contributed by atoms with Crippen LogP contribution in [0.4, 0.5) is 0 Å². The highest BCUT2D eigenvalue weighted by atomic mass is 32.1. The quantitative estimate of drug-likeness (QED) is 0.826. The van der Waals surface area contributed by atoms with Gasteiger partial charge in [0.05, 0.1) is 0 Å². The molecule has 3 rings (SSSR count). The van der Waals surface area contributed by atoms with Gasteiger partial charge >= 0.3 is 0 Å². The predicted octanol–water partition coefficient (Wildman–Crippen LogP) is 4.76. The number of nitrogens with one attached hydrogen (secondary N) is 1. The minimum absolute atomic E-state index is 0.475. The van der Waals surface area contributed by atoms with Crippen molar-refractivity contribution in [3.8, 4) is 0 Å². The van der Waals surface area contributed by atoms with Crippen LogP contribution in [-0.4, -0.2) is 6.04 Å². The molecule has 2 aliphatic rings. The van der Waals surface area contributed by atoms with E-state index >= 15 is 0 Å². The van der Waals surface area contributed by atoms with Gasteiger partial charge in [0.25, 0.3) is 0 Å². The summed E-state index contributed by atoms with van der Waals surface area (Å²) >= 11 is 1.93. The summed E-state index contributed by atoms with van der Waals surface area (Å²) in [6.07, 6.45) is 8.40. The smallest absolute Gasteiger partial charge is 0.0445 e. The van der Waals surface area contributed by atoms with Crippen molar-refractivity contribution in [1.82, 2.24) is 5.32 Å². The van der Waals surface area contributed by atoms with Gasteiger partial charge in [0.1, 0.15) is 0 Å². The van der Waals surface area contributed by atoms with Gasteiger partial charge in [0, 0.05) is 17.0 Å². The fourth-order valence-electron chi connectivity index (χ4n) is 3.37. The van der Waals surface area contributed by atoms with E-state index in [2.05, 4.69) is 36.7 Å². The van der Waals surface area contributed by atoms with Gasteiger partial charge in [-0.05, 0) is 48.5 Å². The Morgan fingerprint density at radius 3 is 2.72 bits per heavy atom. The first-order valence-corrected chi connectivity index (χ1v) is 8.34. The van der Waals surface area contributed by atoms with E-state index in [1.807, 2.05) is 11.3 Å². The Hall–Kier alpha value is -0.340. The maximum Gasteiger partial charge on any atom is 0.0445 e. The first kappa shape index (κ1) is 12.7. The fourth-order valence-corrected chi connectivity index (χ4v) is 4.25. The zero-order valence-corrected chi connectivity index (χ0v) is 12.4. The standard InChI is InChI=1S/C16H25NS/c1-16(2)10-4-3-7-14(16)17-15(12-8-9-12)13-6-5-11-18-13/h5-6,11-12,14-15,17H,3-4,7-10H2,1-2H3. The van der Waals surface area contributed by atoms with Gasteiger partial charge < -0.3 is 5.32 Å². The average molecular weight is 263 g/mol. The third-order valence-electron chi connectivity index (χ3n) is 4.83. The molecule has 1 aromatic rings. The molecule has 0 spiro atoms. The zero-order chi connectivity index (χ0) is 12.6. The van der Waals surface area contributed by atoms with Crippen molar-refractivity contribution in [2.24, 2.45) is 11.3 Å². The summed E-state index contributed by atoms with van der Waals surface area (Å²) < 4.78 is 0. The molecule has 2 unspecified atom stereocenters. The minimum Gasteiger partial charge on any atom is -0.306 e. The Bertz CT molecular complexity index is 378. The van der Waals surface area contributed by atoms with Crippen LogP contribution in [0.1, 0.15) is 63.3 Å². The molecule has 2 aliphatic carbocycles. The third kappa shape index (κ3) is 2.65.